The summed E-state index contributed by atoms with van der Waals surface area (Å²) in [5.74, 6) is 1.22. The van der Waals surface area contributed by atoms with Crippen molar-refractivity contribution >= 4 is 15.8 Å². The van der Waals surface area contributed by atoms with Gasteiger partial charge < -0.3 is 4.74 Å². The van der Waals surface area contributed by atoms with E-state index in [4.69, 9.17) is 11.2 Å². The molecule has 1 saturated heterocycles. The van der Waals surface area contributed by atoms with Crippen LogP contribution in [-0.4, -0.2) is 50.3 Å². The summed E-state index contributed by atoms with van der Waals surface area (Å²) in [5, 5.41) is 0. The van der Waals surface area contributed by atoms with Gasteiger partial charge in [0.15, 0.2) is 14.6 Å². The van der Waals surface area contributed by atoms with E-state index in [1.54, 1.807) is 6.92 Å². The van der Waals surface area contributed by atoms with Crippen molar-refractivity contribution in [2.45, 2.75) is 29.4 Å². The van der Waals surface area contributed by atoms with Crippen LogP contribution in [0.5, 0.6) is 0 Å². The molecule has 0 radical (unpaired) electrons. The smallest absolute Gasteiger partial charge is 0.327 e. The molecule has 7 heteroatoms. The van der Waals surface area contributed by atoms with Crippen molar-refractivity contribution in [2.75, 3.05) is 26.2 Å². The standard InChI is InChI=1S/C17H20FNO4S/c1-3-11-19-12-9-17(10-13-19,16(20)23-4-2)24(21,22)15-7-5-14(18)6-8-15/h1,5-8H,4,9-13H2,2H3. The Morgan fingerprint density at radius 3 is 2.42 bits per heavy atom. The van der Waals surface area contributed by atoms with Gasteiger partial charge in [-0.05, 0) is 44.0 Å². The minimum absolute atomic E-state index is 0.0812. The van der Waals surface area contributed by atoms with E-state index in [2.05, 4.69) is 5.92 Å². The fraction of sp³-hybridized carbons (Fsp3) is 0.471. The lowest BCUT2D eigenvalue weighted by molar-refractivity contribution is -0.147. The van der Waals surface area contributed by atoms with E-state index in [1.807, 2.05) is 4.90 Å². The van der Waals surface area contributed by atoms with Gasteiger partial charge in [0.25, 0.3) is 0 Å². The second kappa shape index (κ2) is 7.32. The van der Waals surface area contributed by atoms with Gasteiger partial charge in [-0.1, -0.05) is 5.92 Å². The van der Waals surface area contributed by atoms with E-state index >= 15 is 0 Å². The average molecular weight is 353 g/mol. The number of sulfone groups is 1. The van der Waals surface area contributed by atoms with Crippen LogP contribution in [0.4, 0.5) is 4.39 Å². The minimum atomic E-state index is -4.02. The predicted molar refractivity (Wildman–Crippen MR) is 87.5 cm³/mol. The first-order valence-electron chi connectivity index (χ1n) is 7.70. The average Bonchev–Trinajstić information content (AvgIpc) is 2.56. The Bertz CT molecular complexity index is 729. The van der Waals surface area contributed by atoms with E-state index in [0.29, 0.717) is 19.6 Å². The maximum Gasteiger partial charge on any atom is 0.327 e. The molecule has 1 aliphatic rings. The van der Waals surface area contributed by atoms with Crippen LogP contribution in [0.25, 0.3) is 0 Å². The number of rotatable bonds is 5. The van der Waals surface area contributed by atoms with Gasteiger partial charge in [-0.25, -0.2) is 12.8 Å². The Hall–Kier alpha value is -1.91. The van der Waals surface area contributed by atoms with E-state index in [1.165, 1.54) is 12.1 Å². The van der Waals surface area contributed by atoms with Crippen LogP contribution in [0.3, 0.4) is 0 Å². The zero-order chi connectivity index (χ0) is 17.8. The molecule has 0 aliphatic carbocycles. The lowest BCUT2D eigenvalue weighted by Crippen LogP contribution is -2.55. The predicted octanol–water partition coefficient (Wildman–Crippen LogP) is 1.63. The van der Waals surface area contributed by atoms with Crippen LogP contribution >= 0.6 is 0 Å². The third-order valence-corrected chi connectivity index (χ3v) is 6.76. The number of likely N-dealkylation sites (tertiary alicyclic amines) is 1. The second-order valence-corrected chi connectivity index (χ2v) is 7.91. The van der Waals surface area contributed by atoms with Crippen LogP contribution in [0.2, 0.25) is 0 Å². The number of halogens is 1. The number of carbonyl (C=O) groups excluding carboxylic acids is 1. The Balaban J connectivity index is 2.42. The topological polar surface area (TPSA) is 63.7 Å². The fourth-order valence-corrected chi connectivity index (χ4v) is 4.83. The Morgan fingerprint density at radius 2 is 1.92 bits per heavy atom. The molecule has 0 aromatic heterocycles. The van der Waals surface area contributed by atoms with Gasteiger partial charge in [-0.2, -0.15) is 0 Å². The maximum atomic E-state index is 13.1. The molecule has 0 N–H and O–H groups in total. The molecular weight excluding hydrogens is 333 g/mol. The van der Waals surface area contributed by atoms with Crippen molar-refractivity contribution < 1.29 is 22.3 Å². The number of nitrogens with zero attached hydrogens (tertiary/aromatic N) is 1. The van der Waals surface area contributed by atoms with E-state index < -0.39 is 26.4 Å². The third kappa shape index (κ3) is 3.30. The molecule has 0 bridgehead atoms. The zero-order valence-corrected chi connectivity index (χ0v) is 14.3. The number of carbonyl (C=O) groups is 1. The van der Waals surface area contributed by atoms with E-state index in [-0.39, 0.29) is 24.3 Å². The van der Waals surface area contributed by atoms with E-state index in [0.717, 1.165) is 12.1 Å². The molecule has 1 heterocycles. The highest BCUT2D eigenvalue weighted by molar-refractivity contribution is 7.93. The molecule has 2 rings (SSSR count). The second-order valence-electron chi connectivity index (χ2n) is 5.65. The van der Waals surface area contributed by atoms with Crippen LogP contribution < -0.4 is 0 Å². The van der Waals surface area contributed by atoms with Crippen molar-refractivity contribution in [2.24, 2.45) is 0 Å². The fourth-order valence-electron chi connectivity index (χ4n) is 2.89. The van der Waals surface area contributed by atoms with Crippen LogP contribution in [-0.2, 0) is 19.4 Å². The van der Waals surface area contributed by atoms with Crippen molar-refractivity contribution in [3.63, 3.8) is 0 Å². The molecule has 5 nitrogen and oxygen atoms in total. The van der Waals surface area contributed by atoms with Crippen molar-refractivity contribution in [3.8, 4) is 12.3 Å². The molecule has 1 aromatic rings. The highest BCUT2D eigenvalue weighted by Gasteiger charge is 2.54. The largest absolute Gasteiger partial charge is 0.465 e. The number of esters is 1. The molecule has 0 amide bonds. The Kier molecular flexibility index (Phi) is 5.62. The van der Waals surface area contributed by atoms with Gasteiger partial charge >= 0.3 is 5.97 Å². The zero-order valence-electron chi connectivity index (χ0n) is 13.5. The lowest BCUT2D eigenvalue weighted by Gasteiger charge is -2.38. The summed E-state index contributed by atoms with van der Waals surface area (Å²) in [7, 11) is -4.02. The van der Waals surface area contributed by atoms with E-state index in [9.17, 15) is 17.6 Å². The molecular formula is C17H20FNO4S. The Morgan fingerprint density at radius 1 is 1.33 bits per heavy atom. The summed E-state index contributed by atoms with van der Waals surface area (Å²) in [6.07, 6.45) is 5.47. The maximum absolute atomic E-state index is 13.1. The molecule has 1 fully saturated rings. The number of piperidine rings is 1. The van der Waals surface area contributed by atoms with Crippen LogP contribution in [0.1, 0.15) is 19.8 Å². The van der Waals surface area contributed by atoms with Crippen molar-refractivity contribution in [3.05, 3.63) is 30.1 Å². The molecule has 0 unspecified atom stereocenters. The number of terminal acetylenes is 1. The summed E-state index contributed by atoms with van der Waals surface area (Å²) < 4.78 is 42.8. The molecule has 0 spiro atoms. The van der Waals surface area contributed by atoms with Crippen LogP contribution in [0, 0.1) is 18.2 Å². The highest BCUT2D eigenvalue weighted by atomic mass is 32.2. The van der Waals surface area contributed by atoms with Crippen LogP contribution in [0.15, 0.2) is 29.2 Å². The first-order valence-corrected chi connectivity index (χ1v) is 9.19. The first kappa shape index (κ1) is 18.4. The molecule has 1 aromatic carbocycles. The number of hydrogen-bond donors (Lipinski definition) is 0. The lowest BCUT2D eigenvalue weighted by atomic mass is 9.95. The van der Waals surface area contributed by atoms with Gasteiger partial charge in [0, 0.05) is 13.1 Å². The molecule has 0 atom stereocenters. The third-order valence-electron chi connectivity index (χ3n) is 4.26. The monoisotopic (exact) mass is 353 g/mol. The van der Waals surface area contributed by atoms with Gasteiger partial charge in [0.2, 0.25) is 0 Å². The van der Waals surface area contributed by atoms with Crippen molar-refractivity contribution in [1.29, 1.82) is 0 Å². The summed E-state index contributed by atoms with van der Waals surface area (Å²) in [6, 6.07) is 4.50. The highest BCUT2D eigenvalue weighted by Crippen LogP contribution is 2.36. The molecule has 24 heavy (non-hydrogen) atoms. The van der Waals surface area contributed by atoms with Crippen molar-refractivity contribution in [1.82, 2.24) is 4.90 Å². The normalized spacial score (nSPS) is 17.9. The molecule has 130 valence electrons. The first-order chi connectivity index (χ1) is 11.4. The van der Waals surface area contributed by atoms with Gasteiger partial charge in [-0.15, -0.1) is 6.42 Å². The van der Waals surface area contributed by atoms with Gasteiger partial charge in [-0.3, -0.25) is 9.69 Å². The minimum Gasteiger partial charge on any atom is -0.465 e. The quantitative estimate of drug-likeness (QED) is 0.457. The number of ether oxygens (including phenoxy) is 1. The number of benzene rings is 1. The summed E-state index contributed by atoms with van der Waals surface area (Å²) in [4.78, 5) is 14.4. The van der Waals surface area contributed by atoms with Gasteiger partial charge in [0.1, 0.15) is 5.82 Å². The summed E-state index contributed by atoms with van der Waals surface area (Å²) in [5.41, 5.74) is 0. The number of hydrogen-bond acceptors (Lipinski definition) is 5. The SMILES string of the molecule is C#CCN1CCC(C(=O)OCC)(S(=O)(=O)c2ccc(F)cc2)CC1. The summed E-state index contributed by atoms with van der Waals surface area (Å²) >= 11 is 0. The Labute approximate surface area is 141 Å². The summed E-state index contributed by atoms with van der Waals surface area (Å²) in [6.45, 7) is 2.87. The van der Waals surface area contributed by atoms with Gasteiger partial charge in [0.05, 0.1) is 18.0 Å². The molecule has 1 aliphatic heterocycles. The molecule has 0 saturated carbocycles.